The van der Waals surface area contributed by atoms with Crippen molar-refractivity contribution in [1.82, 2.24) is 9.88 Å². The van der Waals surface area contributed by atoms with Gasteiger partial charge in [0.2, 0.25) is 0 Å². The summed E-state index contributed by atoms with van der Waals surface area (Å²) in [6.45, 7) is 1.14. The van der Waals surface area contributed by atoms with Gasteiger partial charge in [0, 0.05) is 42.7 Å². The summed E-state index contributed by atoms with van der Waals surface area (Å²) in [5, 5.41) is 0. The fourth-order valence-corrected chi connectivity index (χ4v) is 2.19. The van der Waals surface area contributed by atoms with Crippen LogP contribution in [0, 0.1) is 0 Å². The van der Waals surface area contributed by atoms with E-state index in [1.165, 1.54) is 29.8 Å². The summed E-state index contributed by atoms with van der Waals surface area (Å²) in [5.41, 5.74) is 3.88. The van der Waals surface area contributed by atoms with E-state index in [0.717, 1.165) is 18.9 Å². The third-order valence-electron chi connectivity index (χ3n) is 3.29. The first-order valence-corrected chi connectivity index (χ1v) is 5.72. The van der Waals surface area contributed by atoms with Gasteiger partial charge in [-0.15, -0.1) is 0 Å². The van der Waals surface area contributed by atoms with Gasteiger partial charge in [-0.25, -0.2) is 0 Å². The first kappa shape index (κ1) is 8.96. The normalized spacial score (nSPS) is 20.6. The molecule has 0 atom stereocenters. The lowest BCUT2D eigenvalue weighted by Crippen LogP contribution is -2.12. The summed E-state index contributed by atoms with van der Waals surface area (Å²) in [6, 6.07) is 4.41. The van der Waals surface area contributed by atoms with Crippen LogP contribution in [0.25, 0.3) is 5.70 Å². The molecule has 2 heteroatoms. The van der Waals surface area contributed by atoms with Gasteiger partial charge in [-0.05, 0) is 31.4 Å². The molecule has 1 aliphatic carbocycles. The maximum absolute atomic E-state index is 4.55. The van der Waals surface area contributed by atoms with E-state index in [4.69, 9.17) is 0 Å². The Morgan fingerprint density at radius 3 is 2.73 bits per heavy atom. The number of hydrogen-bond donors (Lipinski definition) is 0. The Bertz CT molecular complexity index is 388. The first-order valence-electron chi connectivity index (χ1n) is 5.72. The van der Waals surface area contributed by atoms with Crippen LogP contribution in [0.2, 0.25) is 0 Å². The van der Waals surface area contributed by atoms with Crippen molar-refractivity contribution in [2.75, 3.05) is 13.6 Å². The molecule has 0 N–H and O–H groups in total. The van der Waals surface area contributed by atoms with Crippen LogP contribution in [0.15, 0.2) is 24.4 Å². The molecule has 2 aliphatic rings. The zero-order chi connectivity index (χ0) is 10.3. The molecule has 0 bridgehead atoms. The number of aromatic nitrogens is 1. The summed E-state index contributed by atoms with van der Waals surface area (Å²) in [5.74, 6) is 0.759. The molecule has 1 aromatic rings. The van der Waals surface area contributed by atoms with Gasteiger partial charge in [0.1, 0.15) is 0 Å². The van der Waals surface area contributed by atoms with Crippen molar-refractivity contribution in [3.8, 4) is 0 Å². The summed E-state index contributed by atoms with van der Waals surface area (Å²) < 4.78 is 0. The van der Waals surface area contributed by atoms with Crippen LogP contribution < -0.4 is 0 Å². The fourth-order valence-electron chi connectivity index (χ4n) is 2.19. The zero-order valence-corrected chi connectivity index (χ0v) is 9.11. The Morgan fingerprint density at radius 2 is 2.20 bits per heavy atom. The molecule has 0 unspecified atom stereocenters. The Hall–Kier alpha value is -1.31. The fraction of sp³-hybridized carbons (Fsp3) is 0.462. The molecule has 0 aromatic carbocycles. The van der Waals surface area contributed by atoms with Crippen LogP contribution in [0.3, 0.4) is 0 Å². The van der Waals surface area contributed by atoms with Crippen molar-refractivity contribution in [2.45, 2.75) is 25.2 Å². The van der Waals surface area contributed by atoms with Gasteiger partial charge in [-0.3, -0.25) is 4.98 Å². The minimum atomic E-state index is 0.759. The lowest BCUT2D eigenvalue weighted by molar-refractivity contribution is 0.517. The number of nitrogens with zero attached hydrogens (tertiary/aromatic N) is 2. The highest BCUT2D eigenvalue weighted by Gasteiger charge is 2.24. The molecule has 0 saturated heterocycles. The Balaban J connectivity index is 1.86. The second kappa shape index (κ2) is 3.37. The second-order valence-corrected chi connectivity index (χ2v) is 4.55. The molecule has 0 radical (unpaired) electrons. The Labute approximate surface area is 90.6 Å². The van der Waals surface area contributed by atoms with Gasteiger partial charge in [0.05, 0.1) is 0 Å². The van der Waals surface area contributed by atoms with Crippen LogP contribution in [-0.2, 0) is 0 Å². The molecule has 0 amide bonds. The van der Waals surface area contributed by atoms with E-state index < -0.39 is 0 Å². The van der Waals surface area contributed by atoms with Gasteiger partial charge in [0.15, 0.2) is 0 Å². The molecule has 1 aromatic heterocycles. The molecule has 2 heterocycles. The van der Waals surface area contributed by atoms with Crippen LogP contribution in [0.1, 0.15) is 36.4 Å². The molecule has 1 aliphatic heterocycles. The minimum Gasteiger partial charge on any atom is -0.374 e. The third kappa shape index (κ3) is 1.65. The predicted molar refractivity (Wildman–Crippen MR) is 61.4 cm³/mol. The lowest BCUT2D eigenvalue weighted by atomic mass is 10.1. The maximum Gasteiger partial charge on any atom is 0.0435 e. The average Bonchev–Trinajstić information content (AvgIpc) is 3.02. The van der Waals surface area contributed by atoms with Crippen molar-refractivity contribution < 1.29 is 0 Å². The quantitative estimate of drug-likeness (QED) is 0.729. The average molecular weight is 200 g/mol. The predicted octanol–water partition coefficient (Wildman–Crippen LogP) is 2.64. The summed E-state index contributed by atoms with van der Waals surface area (Å²) in [6.07, 6.45) is 8.15. The van der Waals surface area contributed by atoms with Crippen LogP contribution >= 0.6 is 0 Å². The van der Waals surface area contributed by atoms with Gasteiger partial charge >= 0.3 is 0 Å². The topological polar surface area (TPSA) is 16.1 Å². The van der Waals surface area contributed by atoms with E-state index in [1.54, 1.807) is 0 Å². The maximum atomic E-state index is 4.55. The summed E-state index contributed by atoms with van der Waals surface area (Å²) >= 11 is 0. The molecular formula is C13H16N2. The van der Waals surface area contributed by atoms with Crippen molar-refractivity contribution in [1.29, 1.82) is 0 Å². The molecular weight excluding hydrogens is 184 g/mol. The zero-order valence-electron chi connectivity index (χ0n) is 9.11. The van der Waals surface area contributed by atoms with E-state index in [-0.39, 0.29) is 0 Å². The van der Waals surface area contributed by atoms with Gasteiger partial charge < -0.3 is 4.90 Å². The largest absolute Gasteiger partial charge is 0.374 e. The van der Waals surface area contributed by atoms with Crippen LogP contribution in [-0.4, -0.2) is 23.5 Å². The van der Waals surface area contributed by atoms with Crippen molar-refractivity contribution >= 4 is 5.70 Å². The monoisotopic (exact) mass is 200 g/mol. The number of pyridine rings is 1. The summed E-state index contributed by atoms with van der Waals surface area (Å²) in [7, 11) is 2.15. The molecule has 1 saturated carbocycles. The molecule has 78 valence electrons. The second-order valence-electron chi connectivity index (χ2n) is 4.55. The summed E-state index contributed by atoms with van der Waals surface area (Å²) in [4.78, 5) is 6.85. The van der Waals surface area contributed by atoms with E-state index in [1.807, 2.05) is 6.20 Å². The van der Waals surface area contributed by atoms with Gasteiger partial charge in [-0.2, -0.15) is 0 Å². The molecule has 0 spiro atoms. The Kier molecular flexibility index (Phi) is 2.01. The van der Waals surface area contributed by atoms with Crippen LogP contribution in [0.5, 0.6) is 0 Å². The smallest absolute Gasteiger partial charge is 0.0435 e. The molecule has 2 nitrogen and oxygen atoms in total. The number of rotatable bonds is 2. The first-order chi connectivity index (χ1) is 7.34. The highest BCUT2D eigenvalue weighted by atomic mass is 15.1. The van der Waals surface area contributed by atoms with Crippen molar-refractivity contribution in [3.63, 3.8) is 0 Å². The van der Waals surface area contributed by atoms with E-state index >= 15 is 0 Å². The van der Waals surface area contributed by atoms with Crippen LogP contribution in [0.4, 0.5) is 0 Å². The Morgan fingerprint density at radius 1 is 1.33 bits per heavy atom. The third-order valence-corrected chi connectivity index (χ3v) is 3.29. The number of hydrogen-bond acceptors (Lipinski definition) is 2. The SMILES string of the molecule is CN1CCC=C1c1ccc(C2CC2)nc1. The molecule has 15 heavy (non-hydrogen) atoms. The highest BCUT2D eigenvalue weighted by Crippen LogP contribution is 2.39. The van der Waals surface area contributed by atoms with E-state index in [9.17, 15) is 0 Å². The van der Waals surface area contributed by atoms with E-state index in [2.05, 4.69) is 35.1 Å². The molecule has 1 fully saturated rings. The standard InChI is InChI=1S/C13H16N2/c1-15-8-2-3-13(15)11-6-7-12(14-9-11)10-4-5-10/h3,6-7,9-10H,2,4-5,8H2,1H3. The highest BCUT2D eigenvalue weighted by molar-refractivity contribution is 5.64. The molecule has 3 rings (SSSR count). The minimum absolute atomic E-state index is 0.759. The van der Waals surface area contributed by atoms with Gasteiger partial charge in [-0.1, -0.05) is 6.08 Å². The lowest BCUT2D eigenvalue weighted by Gasteiger charge is -2.16. The van der Waals surface area contributed by atoms with Crippen molar-refractivity contribution in [3.05, 3.63) is 35.7 Å². The van der Waals surface area contributed by atoms with Gasteiger partial charge in [0.25, 0.3) is 0 Å². The van der Waals surface area contributed by atoms with Crippen molar-refractivity contribution in [2.24, 2.45) is 0 Å². The van der Waals surface area contributed by atoms with E-state index in [0.29, 0.717) is 0 Å².